The summed E-state index contributed by atoms with van der Waals surface area (Å²) in [5.74, 6) is 0. The van der Waals surface area contributed by atoms with E-state index in [1.807, 2.05) is 0 Å². The summed E-state index contributed by atoms with van der Waals surface area (Å²) in [5.41, 5.74) is 3.59. The molecular weight excluding hydrogens is 160 g/mol. The molecule has 0 aromatic carbocycles. The van der Waals surface area contributed by atoms with E-state index in [2.05, 4.69) is 13.8 Å². The number of aliphatic hydroxyl groups is 1. The van der Waals surface area contributed by atoms with Crippen LogP contribution < -0.4 is 0 Å². The zero-order valence-electron chi connectivity index (χ0n) is 8.77. The first-order valence-electron chi connectivity index (χ1n) is 5.49. The summed E-state index contributed by atoms with van der Waals surface area (Å²) in [5, 5.41) is 9.65. The number of hydrogen-bond donors (Lipinski definition) is 1. The van der Waals surface area contributed by atoms with E-state index in [0.717, 1.165) is 12.8 Å². The van der Waals surface area contributed by atoms with Crippen LogP contribution >= 0.6 is 0 Å². The van der Waals surface area contributed by atoms with Crippen LogP contribution in [0, 0.1) is 5.41 Å². The highest BCUT2D eigenvalue weighted by Crippen LogP contribution is 2.49. The maximum Gasteiger partial charge on any atom is 0.0577 e. The molecule has 0 radical (unpaired) electrons. The number of rotatable bonds is 0. The Bertz CT molecular complexity index is 242. The van der Waals surface area contributed by atoms with E-state index in [-0.39, 0.29) is 6.10 Å². The molecule has 0 spiro atoms. The molecule has 1 N–H and O–H groups in total. The third-order valence-electron chi connectivity index (χ3n) is 3.99. The van der Waals surface area contributed by atoms with Gasteiger partial charge in [-0.05, 0) is 50.9 Å². The molecule has 0 aromatic heterocycles. The van der Waals surface area contributed by atoms with E-state index >= 15 is 0 Å². The van der Waals surface area contributed by atoms with Crippen molar-refractivity contribution in [1.29, 1.82) is 0 Å². The number of aliphatic hydroxyl groups excluding tert-OH is 1. The maximum absolute atomic E-state index is 9.65. The van der Waals surface area contributed by atoms with Gasteiger partial charge >= 0.3 is 0 Å². The molecule has 0 saturated heterocycles. The highest BCUT2D eigenvalue weighted by Gasteiger charge is 2.37. The third kappa shape index (κ3) is 1.54. The molecule has 1 saturated carbocycles. The van der Waals surface area contributed by atoms with E-state index in [0.29, 0.717) is 5.41 Å². The molecule has 1 heteroatoms. The minimum Gasteiger partial charge on any atom is -0.393 e. The van der Waals surface area contributed by atoms with Gasteiger partial charge in [-0.15, -0.1) is 0 Å². The standard InChI is InChI=1S/C12H20O/c1-9-4-3-6-12(2)7-5-10(13)8-11(9)12/h10,13H,3-8H2,1-2H3/t10-,12-/m1/s1. The van der Waals surface area contributed by atoms with Gasteiger partial charge in [-0.2, -0.15) is 0 Å². The molecule has 0 heterocycles. The topological polar surface area (TPSA) is 20.2 Å². The number of allylic oxidation sites excluding steroid dienone is 1. The highest BCUT2D eigenvalue weighted by atomic mass is 16.3. The van der Waals surface area contributed by atoms with Crippen molar-refractivity contribution < 1.29 is 5.11 Å². The summed E-state index contributed by atoms with van der Waals surface area (Å²) >= 11 is 0. The molecule has 2 atom stereocenters. The normalized spacial score (nSPS) is 40.4. The van der Waals surface area contributed by atoms with Gasteiger partial charge in [0.25, 0.3) is 0 Å². The van der Waals surface area contributed by atoms with Crippen LogP contribution in [0.25, 0.3) is 0 Å². The second kappa shape index (κ2) is 3.13. The first kappa shape index (κ1) is 9.26. The average Bonchev–Trinajstić information content (AvgIpc) is 2.08. The van der Waals surface area contributed by atoms with Gasteiger partial charge in [-0.3, -0.25) is 0 Å². The van der Waals surface area contributed by atoms with Gasteiger partial charge < -0.3 is 5.11 Å². The van der Waals surface area contributed by atoms with Crippen LogP contribution in [0.3, 0.4) is 0 Å². The van der Waals surface area contributed by atoms with Crippen LogP contribution in [0.5, 0.6) is 0 Å². The predicted octanol–water partition coefficient (Wildman–Crippen LogP) is 3.04. The van der Waals surface area contributed by atoms with Crippen LogP contribution in [-0.4, -0.2) is 11.2 Å². The molecule has 0 aromatic rings. The fourth-order valence-electron chi connectivity index (χ4n) is 3.08. The molecule has 0 aliphatic heterocycles. The van der Waals surface area contributed by atoms with E-state index in [4.69, 9.17) is 0 Å². The van der Waals surface area contributed by atoms with Gasteiger partial charge in [0.15, 0.2) is 0 Å². The Balaban J connectivity index is 2.30. The van der Waals surface area contributed by atoms with Crippen LogP contribution in [0.15, 0.2) is 11.1 Å². The van der Waals surface area contributed by atoms with Crippen molar-refractivity contribution in [2.45, 2.75) is 58.5 Å². The van der Waals surface area contributed by atoms with Crippen LogP contribution in [0.1, 0.15) is 52.4 Å². The predicted molar refractivity (Wildman–Crippen MR) is 54.5 cm³/mol. The summed E-state index contributed by atoms with van der Waals surface area (Å²) in [6, 6.07) is 0. The van der Waals surface area contributed by atoms with Crippen molar-refractivity contribution in [3.63, 3.8) is 0 Å². The molecule has 0 unspecified atom stereocenters. The lowest BCUT2D eigenvalue weighted by molar-refractivity contribution is 0.102. The monoisotopic (exact) mass is 180 g/mol. The molecule has 0 amide bonds. The zero-order chi connectivity index (χ0) is 9.47. The molecule has 2 rings (SSSR count). The second-order valence-corrected chi connectivity index (χ2v) is 5.07. The largest absolute Gasteiger partial charge is 0.393 e. The minimum atomic E-state index is -0.0591. The van der Waals surface area contributed by atoms with Gasteiger partial charge in [0.05, 0.1) is 6.10 Å². The van der Waals surface area contributed by atoms with Gasteiger partial charge in [-0.25, -0.2) is 0 Å². The van der Waals surface area contributed by atoms with Crippen LogP contribution in [-0.2, 0) is 0 Å². The SMILES string of the molecule is CC1=C2C[C@H](O)CC[C@@]2(C)CCC1. The van der Waals surface area contributed by atoms with Gasteiger partial charge in [-0.1, -0.05) is 18.1 Å². The zero-order valence-corrected chi connectivity index (χ0v) is 8.77. The molecule has 0 bridgehead atoms. The quantitative estimate of drug-likeness (QED) is 0.568. The molecule has 1 nitrogen and oxygen atoms in total. The Morgan fingerprint density at radius 3 is 2.92 bits per heavy atom. The summed E-state index contributed by atoms with van der Waals surface area (Å²) in [6.07, 6.45) is 7.04. The Kier molecular flexibility index (Phi) is 2.23. The fraction of sp³-hybridized carbons (Fsp3) is 0.833. The first-order chi connectivity index (χ1) is 6.12. The summed E-state index contributed by atoms with van der Waals surface area (Å²) < 4.78 is 0. The van der Waals surface area contributed by atoms with Gasteiger partial charge in [0.1, 0.15) is 0 Å². The van der Waals surface area contributed by atoms with Crippen molar-refractivity contribution in [2.75, 3.05) is 0 Å². The Hall–Kier alpha value is -0.300. The maximum atomic E-state index is 9.65. The Labute approximate surface area is 80.8 Å². The van der Waals surface area contributed by atoms with Crippen LogP contribution in [0.4, 0.5) is 0 Å². The molecule has 13 heavy (non-hydrogen) atoms. The molecule has 74 valence electrons. The van der Waals surface area contributed by atoms with Gasteiger partial charge in [0, 0.05) is 0 Å². The van der Waals surface area contributed by atoms with Crippen molar-refractivity contribution in [3.05, 3.63) is 11.1 Å². The lowest BCUT2D eigenvalue weighted by atomic mass is 9.63. The molecule has 2 aliphatic carbocycles. The molecule has 2 aliphatic rings. The average molecular weight is 180 g/mol. The van der Waals surface area contributed by atoms with E-state index in [1.165, 1.54) is 25.7 Å². The fourth-order valence-corrected chi connectivity index (χ4v) is 3.08. The number of fused-ring (bicyclic) bond motifs is 1. The van der Waals surface area contributed by atoms with Gasteiger partial charge in [0.2, 0.25) is 0 Å². The summed E-state index contributed by atoms with van der Waals surface area (Å²) in [7, 11) is 0. The first-order valence-corrected chi connectivity index (χ1v) is 5.49. The van der Waals surface area contributed by atoms with E-state index < -0.39 is 0 Å². The molecule has 1 fully saturated rings. The van der Waals surface area contributed by atoms with Crippen LogP contribution in [0.2, 0.25) is 0 Å². The second-order valence-electron chi connectivity index (χ2n) is 5.07. The smallest absolute Gasteiger partial charge is 0.0577 e. The molecular formula is C12H20O. The minimum absolute atomic E-state index is 0.0591. The summed E-state index contributed by atoms with van der Waals surface area (Å²) in [4.78, 5) is 0. The van der Waals surface area contributed by atoms with Crippen molar-refractivity contribution in [2.24, 2.45) is 5.41 Å². The number of hydrogen-bond acceptors (Lipinski definition) is 1. The van der Waals surface area contributed by atoms with E-state index in [9.17, 15) is 5.11 Å². The van der Waals surface area contributed by atoms with Crippen molar-refractivity contribution in [3.8, 4) is 0 Å². The Morgan fingerprint density at radius 2 is 2.15 bits per heavy atom. The highest BCUT2D eigenvalue weighted by molar-refractivity contribution is 5.25. The van der Waals surface area contributed by atoms with Crippen molar-refractivity contribution >= 4 is 0 Å². The summed E-state index contributed by atoms with van der Waals surface area (Å²) in [6.45, 7) is 4.64. The third-order valence-corrected chi connectivity index (χ3v) is 3.99. The van der Waals surface area contributed by atoms with E-state index in [1.54, 1.807) is 11.1 Å². The lowest BCUT2D eigenvalue weighted by Crippen LogP contribution is -2.32. The Morgan fingerprint density at radius 1 is 1.38 bits per heavy atom. The lowest BCUT2D eigenvalue weighted by Gasteiger charge is -2.43. The van der Waals surface area contributed by atoms with Crippen molar-refractivity contribution in [1.82, 2.24) is 0 Å².